The summed E-state index contributed by atoms with van der Waals surface area (Å²) < 4.78 is 57.7. The minimum Gasteiger partial charge on any atom is -0.439 e. The van der Waals surface area contributed by atoms with Gasteiger partial charge in [0.25, 0.3) is 0 Å². The summed E-state index contributed by atoms with van der Waals surface area (Å²) in [5.74, 6) is 0.600. The summed E-state index contributed by atoms with van der Waals surface area (Å²) in [5.41, 5.74) is 1.42. The molecule has 1 fully saturated rings. The van der Waals surface area contributed by atoms with E-state index >= 15 is 0 Å². The Labute approximate surface area is 178 Å². The number of rotatable bonds is 4. The fourth-order valence-electron chi connectivity index (χ4n) is 3.86. The van der Waals surface area contributed by atoms with Crippen LogP contribution in [0.5, 0.6) is 11.6 Å². The standard InChI is InChI=1S/C24H22F4N2O/c25-22-6-1-2-13-30(22)20-10-7-17(8-11-20)14-18-4-3-5-21(15-18)31-23-12-9-19(16-29-23)24(26,27)28/h1-6,9,12-16,20,22H,7-8,10-11H2. The van der Waals surface area contributed by atoms with Gasteiger partial charge in [0.2, 0.25) is 5.88 Å². The van der Waals surface area contributed by atoms with E-state index < -0.39 is 18.0 Å². The largest absolute Gasteiger partial charge is 0.439 e. The zero-order valence-corrected chi connectivity index (χ0v) is 16.7. The Bertz CT molecular complexity index is 985. The van der Waals surface area contributed by atoms with Crippen LogP contribution in [0.25, 0.3) is 6.08 Å². The third-order valence-corrected chi connectivity index (χ3v) is 5.46. The van der Waals surface area contributed by atoms with E-state index in [0.717, 1.165) is 43.5 Å². The molecule has 162 valence electrons. The van der Waals surface area contributed by atoms with Gasteiger partial charge in [0, 0.05) is 24.5 Å². The monoisotopic (exact) mass is 430 g/mol. The van der Waals surface area contributed by atoms with E-state index in [2.05, 4.69) is 11.1 Å². The molecule has 1 aliphatic heterocycles. The van der Waals surface area contributed by atoms with Crippen LogP contribution in [0.4, 0.5) is 17.6 Å². The van der Waals surface area contributed by atoms with E-state index in [1.54, 1.807) is 23.1 Å². The molecule has 0 N–H and O–H groups in total. The van der Waals surface area contributed by atoms with E-state index in [1.165, 1.54) is 11.6 Å². The lowest BCUT2D eigenvalue weighted by Crippen LogP contribution is -2.38. The van der Waals surface area contributed by atoms with Crippen molar-refractivity contribution in [3.63, 3.8) is 0 Å². The zero-order chi connectivity index (χ0) is 21.8. The Morgan fingerprint density at radius 3 is 2.55 bits per heavy atom. The van der Waals surface area contributed by atoms with Crippen molar-refractivity contribution in [1.29, 1.82) is 0 Å². The molecule has 2 heterocycles. The van der Waals surface area contributed by atoms with Crippen LogP contribution in [0.3, 0.4) is 0 Å². The molecule has 1 unspecified atom stereocenters. The first-order chi connectivity index (χ1) is 14.9. The minimum atomic E-state index is -4.43. The lowest BCUT2D eigenvalue weighted by Gasteiger charge is -2.36. The van der Waals surface area contributed by atoms with Gasteiger partial charge in [0.15, 0.2) is 6.30 Å². The normalized spacial score (nSPS) is 21.3. The van der Waals surface area contributed by atoms with Crippen molar-refractivity contribution >= 4 is 6.08 Å². The lowest BCUT2D eigenvalue weighted by molar-refractivity contribution is -0.137. The van der Waals surface area contributed by atoms with Gasteiger partial charge in [0.05, 0.1) is 5.56 Å². The molecule has 3 nitrogen and oxygen atoms in total. The molecule has 31 heavy (non-hydrogen) atoms. The van der Waals surface area contributed by atoms with Crippen LogP contribution in [0.1, 0.15) is 36.8 Å². The highest BCUT2D eigenvalue weighted by atomic mass is 19.4. The molecule has 0 saturated heterocycles. The molecular formula is C24H22F4N2O. The third kappa shape index (κ3) is 5.34. The maximum atomic E-state index is 14.1. The number of ether oxygens (including phenoxy) is 1. The van der Waals surface area contributed by atoms with Crippen LogP contribution >= 0.6 is 0 Å². The van der Waals surface area contributed by atoms with Gasteiger partial charge in [-0.2, -0.15) is 13.2 Å². The van der Waals surface area contributed by atoms with E-state index in [1.807, 2.05) is 30.5 Å². The summed E-state index contributed by atoms with van der Waals surface area (Å²) in [6.07, 6.45) is 7.87. The van der Waals surface area contributed by atoms with E-state index in [9.17, 15) is 17.6 Å². The predicted molar refractivity (Wildman–Crippen MR) is 111 cm³/mol. The van der Waals surface area contributed by atoms with Crippen molar-refractivity contribution < 1.29 is 22.3 Å². The molecule has 2 aromatic rings. The highest BCUT2D eigenvalue weighted by Gasteiger charge is 2.30. The molecule has 2 aliphatic rings. The third-order valence-electron chi connectivity index (χ3n) is 5.46. The molecular weight excluding hydrogens is 408 g/mol. The molecule has 1 aliphatic carbocycles. The number of allylic oxidation sites excluding steroid dienone is 3. The number of halogens is 4. The molecule has 1 saturated carbocycles. The van der Waals surface area contributed by atoms with Crippen LogP contribution in [-0.2, 0) is 6.18 Å². The van der Waals surface area contributed by atoms with Crippen LogP contribution in [-0.4, -0.2) is 22.2 Å². The van der Waals surface area contributed by atoms with Crippen molar-refractivity contribution in [2.45, 2.75) is 44.2 Å². The van der Waals surface area contributed by atoms with E-state index in [-0.39, 0.29) is 11.9 Å². The molecule has 1 aromatic heterocycles. The quantitative estimate of drug-likeness (QED) is 0.390. The Balaban J connectivity index is 1.38. The van der Waals surface area contributed by atoms with E-state index in [0.29, 0.717) is 5.75 Å². The second-order valence-corrected chi connectivity index (χ2v) is 7.64. The summed E-state index contributed by atoms with van der Waals surface area (Å²) in [7, 11) is 0. The number of hydrogen-bond donors (Lipinski definition) is 0. The lowest BCUT2D eigenvalue weighted by atomic mass is 9.88. The van der Waals surface area contributed by atoms with Crippen molar-refractivity contribution in [3.8, 4) is 11.6 Å². The molecule has 0 amide bonds. The minimum absolute atomic E-state index is 0.0997. The summed E-state index contributed by atoms with van der Waals surface area (Å²) in [6.45, 7) is 0. The Kier molecular flexibility index (Phi) is 6.11. The number of aromatic nitrogens is 1. The molecule has 1 atom stereocenters. The smallest absolute Gasteiger partial charge is 0.417 e. The van der Waals surface area contributed by atoms with Gasteiger partial charge in [-0.1, -0.05) is 29.9 Å². The van der Waals surface area contributed by atoms with E-state index in [4.69, 9.17) is 4.74 Å². The van der Waals surface area contributed by atoms with Crippen LogP contribution in [0, 0.1) is 0 Å². The van der Waals surface area contributed by atoms with Crippen molar-refractivity contribution in [2.24, 2.45) is 0 Å². The van der Waals surface area contributed by atoms with Gasteiger partial charge < -0.3 is 9.64 Å². The van der Waals surface area contributed by atoms with Gasteiger partial charge in [-0.05, 0) is 61.6 Å². The maximum Gasteiger partial charge on any atom is 0.417 e. The Hall–Kier alpha value is -3.09. The first kappa shape index (κ1) is 21.2. The summed E-state index contributed by atoms with van der Waals surface area (Å²) in [6, 6.07) is 9.68. The molecule has 0 bridgehead atoms. The van der Waals surface area contributed by atoms with Gasteiger partial charge >= 0.3 is 6.18 Å². The second-order valence-electron chi connectivity index (χ2n) is 7.64. The zero-order valence-electron chi connectivity index (χ0n) is 16.7. The topological polar surface area (TPSA) is 25.4 Å². The first-order valence-corrected chi connectivity index (χ1v) is 10.2. The highest BCUT2D eigenvalue weighted by Crippen LogP contribution is 2.32. The van der Waals surface area contributed by atoms with Crippen LogP contribution < -0.4 is 4.74 Å². The number of nitrogens with zero attached hydrogens (tertiary/aromatic N) is 2. The average molecular weight is 430 g/mol. The molecule has 0 spiro atoms. The first-order valence-electron chi connectivity index (χ1n) is 10.2. The second kappa shape index (κ2) is 8.96. The van der Waals surface area contributed by atoms with Crippen LogP contribution in [0.15, 0.2) is 72.6 Å². The Morgan fingerprint density at radius 1 is 1.06 bits per heavy atom. The summed E-state index contributed by atoms with van der Waals surface area (Å²) in [5, 5.41) is 0. The number of pyridine rings is 1. The Morgan fingerprint density at radius 2 is 1.87 bits per heavy atom. The van der Waals surface area contributed by atoms with Gasteiger partial charge in [-0.25, -0.2) is 9.37 Å². The van der Waals surface area contributed by atoms with Gasteiger partial charge in [0.1, 0.15) is 5.75 Å². The van der Waals surface area contributed by atoms with Crippen molar-refractivity contribution in [1.82, 2.24) is 9.88 Å². The van der Waals surface area contributed by atoms with Gasteiger partial charge in [-0.15, -0.1) is 0 Å². The predicted octanol–water partition coefficient (Wildman–Crippen LogP) is 6.90. The SMILES string of the molecule is FC1C=CC=CN1C1CCC(=Cc2cccc(Oc3ccc(C(F)(F)F)cn3)c2)CC1. The molecule has 0 radical (unpaired) electrons. The number of hydrogen-bond acceptors (Lipinski definition) is 3. The molecule has 4 rings (SSSR count). The number of alkyl halides is 4. The maximum absolute atomic E-state index is 14.1. The number of benzene rings is 1. The van der Waals surface area contributed by atoms with Gasteiger partial charge in [-0.3, -0.25) is 0 Å². The van der Waals surface area contributed by atoms with Crippen LogP contribution in [0.2, 0.25) is 0 Å². The highest BCUT2D eigenvalue weighted by molar-refractivity contribution is 5.55. The van der Waals surface area contributed by atoms with Crippen molar-refractivity contribution in [3.05, 3.63) is 83.7 Å². The molecule has 1 aromatic carbocycles. The fourth-order valence-corrected chi connectivity index (χ4v) is 3.86. The summed E-state index contributed by atoms with van der Waals surface area (Å²) in [4.78, 5) is 5.52. The van der Waals surface area contributed by atoms with Crippen molar-refractivity contribution in [2.75, 3.05) is 0 Å². The molecule has 7 heteroatoms. The summed E-state index contributed by atoms with van der Waals surface area (Å²) >= 11 is 0. The fraction of sp³-hybridized carbons (Fsp3) is 0.292. The average Bonchev–Trinajstić information content (AvgIpc) is 2.75.